The van der Waals surface area contributed by atoms with Crippen molar-refractivity contribution in [1.29, 1.82) is 0 Å². The van der Waals surface area contributed by atoms with Crippen molar-refractivity contribution < 1.29 is 19.2 Å². The summed E-state index contributed by atoms with van der Waals surface area (Å²) >= 11 is 0. The number of carbonyl (C=O) groups is 4. The molecule has 3 aliphatic rings. The standard InChI is InChI=1S/C20H24N4O4/c25-16(8-11-24-18(27)20(23-19(24)28)9-1-2-10-20)21-15-5-3-4-13(12-15)17(26)22-14-6-7-14/h3-5,12,14H,1-2,6-11H2,(H,21,25)(H,22,26)(H,23,28). The van der Waals surface area contributed by atoms with E-state index in [-0.39, 0.29) is 36.7 Å². The second-order valence-corrected chi connectivity index (χ2v) is 7.80. The van der Waals surface area contributed by atoms with Crippen molar-refractivity contribution in [2.24, 2.45) is 0 Å². The molecule has 1 aliphatic heterocycles. The highest BCUT2D eigenvalue weighted by molar-refractivity contribution is 6.07. The first kappa shape index (κ1) is 18.5. The van der Waals surface area contributed by atoms with E-state index in [0.29, 0.717) is 24.1 Å². The maximum atomic E-state index is 12.6. The van der Waals surface area contributed by atoms with Crippen LogP contribution in [0.1, 0.15) is 55.3 Å². The monoisotopic (exact) mass is 384 g/mol. The highest BCUT2D eigenvalue weighted by atomic mass is 16.2. The van der Waals surface area contributed by atoms with Crippen molar-refractivity contribution in [3.05, 3.63) is 29.8 Å². The van der Waals surface area contributed by atoms with Crippen LogP contribution in [0, 0.1) is 0 Å². The molecule has 1 saturated heterocycles. The fourth-order valence-electron chi connectivity index (χ4n) is 3.87. The van der Waals surface area contributed by atoms with Gasteiger partial charge in [0.05, 0.1) is 0 Å². The van der Waals surface area contributed by atoms with Gasteiger partial charge in [0, 0.05) is 30.3 Å². The minimum Gasteiger partial charge on any atom is -0.349 e. The Bertz CT molecular complexity index is 827. The van der Waals surface area contributed by atoms with Gasteiger partial charge in [-0.1, -0.05) is 18.9 Å². The van der Waals surface area contributed by atoms with Crippen LogP contribution in [-0.4, -0.2) is 46.8 Å². The van der Waals surface area contributed by atoms with Crippen LogP contribution in [0.4, 0.5) is 10.5 Å². The molecule has 1 spiro atoms. The molecule has 148 valence electrons. The van der Waals surface area contributed by atoms with E-state index in [1.54, 1.807) is 24.3 Å². The van der Waals surface area contributed by atoms with E-state index < -0.39 is 11.6 Å². The van der Waals surface area contributed by atoms with Crippen LogP contribution in [-0.2, 0) is 9.59 Å². The molecule has 4 rings (SSSR count). The number of imide groups is 1. The predicted molar refractivity (Wildman–Crippen MR) is 102 cm³/mol. The lowest BCUT2D eigenvalue weighted by Gasteiger charge is -2.19. The molecule has 3 fully saturated rings. The maximum Gasteiger partial charge on any atom is 0.325 e. The Labute approximate surface area is 163 Å². The number of amides is 5. The van der Waals surface area contributed by atoms with E-state index in [1.165, 1.54) is 0 Å². The van der Waals surface area contributed by atoms with Gasteiger partial charge in [-0.15, -0.1) is 0 Å². The van der Waals surface area contributed by atoms with Gasteiger partial charge in [0.2, 0.25) is 5.91 Å². The summed E-state index contributed by atoms with van der Waals surface area (Å²) in [5, 5.41) is 8.44. The Hall–Kier alpha value is -2.90. The molecule has 28 heavy (non-hydrogen) atoms. The molecule has 5 amide bonds. The second kappa shape index (κ2) is 7.26. The number of urea groups is 1. The molecule has 0 atom stereocenters. The quantitative estimate of drug-likeness (QED) is 0.650. The molecule has 0 unspecified atom stereocenters. The largest absolute Gasteiger partial charge is 0.349 e. The summed E-state index contributed by atoms with van der Waals surface area (Å²) in [4.78, 5) is 50.3. The van der Waals surface area contributed by atoms with Gasteiger partial charge in [-0.2, -0.15) is 0 Å². The highest BCUT2D eigenvalue weighted by Crippen LogP contribution is 2.35. The predicted octanol–water partition coefficient (Wildman–Crippen LogP) is 1.77. The summed E-state index contributed by atoms with van der Waals surface area (Å²) in [6.07, 6.45) is 5.19. The molecule has 8 nitrogen and oxygen atoms in total. The Morgan fingerprint density at radius 3 is 2.64 bits per heavy atom. The fraction of sp³-hybridized carbons (Fsp3) is 0.500. The van der Waals surface area contributed by atoms with Crippen LogP contribution in [0.25, 0.3) is 0 Å². The molecule has 1 aromatic rings. The Morgan fingerprint density at radius 2 is 1.93 bits per heavy atom. The van der Waals surface area contributed by atoms with Crippen molar-refractivity contribution in [2.75, 3.05) is 11.9 Å². The lowest BCUT2D eigenvalue weighted by Crippen LogP contribution is -2.44. The Kier molecular flexibility index (Phi) is 4.78. The topological polar surface area (TPSA) is 108 Å². The first-order valence-corrected chi connectivity index (χ1v) is 9.82. The highest BCUT2D eigenvalue weighted by Gasteiger charge is 2.52. The molecular formula is C20H24N4O4. The second-order valence-electron chi connectivity index (χ2n) is 7.80. The number of hydrogen-bond donors (Lipinski definition) is 3. The Balaban J connectivity index is 1.31. The van der Waals surface area contributed by atoms with Gasteiger partial charge in [-0.25, -0.2) is 4.79 Å². The van der Waals surface area contributed by atoms with Gasteiger partial charge in [-0.05, 0) is 43.9 Å². The third kappa shape index (κ3) is 3.72. The van der Waals surface area contributed by atoms with Gasteiger partial charge in [0.15, 0.2) is 0 Å². The van der Waals surface area contributed by atoms with Gasteiger partial charge in [0.25, 0.3) is 11.8 Å². The summed E-state index contributed by atoms with van der Waals surface area (Å²) in [6, 6.07) is 6.57. The van der Waals surface area contributed by atoms with Crippen LogP contribution in [0.2, 0.25) is 0 Å². The molecule has 0 aromatic heterocycles. The van der Waals surface area contributed by atoms with E-state index in [0.717, 1.165) is 30.6 Å². The molecular weight excluding hydrogens is 360 g/mol. The van der Waals surface area contributed by atoms with Crippen molar-refractivity contribution in [2.45, 2.75) is 56.5 Å². The number of anilines is 1. The number of nitrogens with one attached hydrogen (secondary N) is 3. The molecule has 1 heterocycles. The van der Waals surface area contributed by atoms with Crippen molar-refractivity contribution in [1.82, 2.24) is 15.5 Å². The molecule has 8 heteroatoms. The first-order valence-electron chi connectivity index (χ1n) is 9.82. The number of benzene rings is 1. The minimum atomic E-state index is -0.753. The summed E-state index contributed by atoms with van der Waals surface area (Å²) in [6.45, 7) is 0.0418. The molecule has 0 radical (unpaired) electrons. The third-order valence-electron chi connectivity index (χ3n) is 5.59. The minimum absolute atomic E-state index is 0.00768. The Morgan fingerprint density at radius 1 is 1.18 bits per heavy atom. The van der Waals surface area contributed by atoms with E-state index in [9.17, 15) is 19.2 Å². The lowest BCUT2D eigenvalue weighted by molar-refractivity contribution is -0.131. The van der Waals surface area contributed by atoms with Crippen LogP contribution in [0.5, 0.6) is 0 Å². The number of nitrogens with zero attached hydrogens (tertiary/aromatic N) is 1. The zero-order chi connectivity index (χ0) is 19.7. The summed E-state index contributed by atoms with van der Waals surface area (Å²) in [5.74, 6) is -0.686. The maximum absolute atomic E-state index is 12.6. The molecule has 0 bridgehead atoms. The SMILES string of the molecule is O=C(CCN1C(=O)NC2(CCCC2)C1=O)Nc1cccc(C(=O)NC2CC2)c1. The zero-order valence-corrected chi connectivity index (χ0v) is 15.6. The van der Waals surface area contributed by atoms with Gasteiger partial charge < -0.3 is 16.0 Å². The summed E-state index contributed by atoms with van der Waals surface area (Å²) in [5.41, 5.74) is 0.247. The lowest BCUT2D eigenvalue weighted by atomic mass is 9.98. The van der Waals surface area contributed by atoms with Crippen molar-refractivity contribution in [3.8, 4) is 0 Å². The number of rotatable bonds is 6. The molecule has 2 saturated carbocycles. The van der Waals surface area contributed by atoms with E-state index in [1.807, 2.05) is 0 Å². The van der Waals surface area contributed by atoms with E-state index >= 15 is 0 Å². The van der Waals surface area contributed by atoms with Gasteiger partial charge in [-0.3, -0.25) is 19.3 Å². The van der Waals surface area contributed by atoms with Crippen LogP contribution in [0.15, 0.2) is 24.3 Å². The normalized spacial score (nSPS) is 20.4. The summed E-state index contributed by atoms with van der Waals surface area (Å²) < 4.78 is 0. The van der Waals surface area contributed by atoms with Crippen molar-refractivity contribution in [3.63, 3.8) is 0 Å². The van der Waals surface area contributed by atoms with Crippen LogP contribution < -0.4 is 16.0 Å². The smallest absolute Gasteiger partial charge is 0.325 e. The van der Waals surface area contributed by atoms with Crippen molar-refractivity contribution >= 4 is 29.4 Å². The zero-order valence-electron chi connectivity index (χ0n) is 15.6. The van der Waals surface area contributed by atoms with E-state index in [4.69, 9.17) is 0 Å². The van der Waals surface area contributed by atoms with Crippen LogP contribution in [0.3, 0.4) is 0 Å². The fourth-order valence-corrected chi connectivity index (χ4v) is 3.87. The average molecular weight is 384 g/mol. The number of hydrogen-bond acceptors (Lipinski definition) is 4. The molecule has 2 aliphatic carbocycles. The van der Waals surface area contributed by atoms with Gasteiger partial charge >= 0.3 is 6.03 Å². The average Bonchev–Trinajstić information content (AvgIpc) is 3.30. The number of carbonyl (C=O) groups excluding carboxylic acids is 4. The van der Waals surface area contributed by atoms with Crippen LogP contribution >= 0.6 is 0 Å². The van der Waals surface area contributed by atoms with Gasteiger partial charge in [0.1, 0.15) is 5.54 Å². The molecule has 3 N–H and O–H groups in total. The van der Waals surface area contributed by atoms with E-state index in [2.05, 4.69) is 16.0 Å². The first-order chi connectivity index (χ1) is 13.5. The molecule has 1 aromatic carbocycles. The summed E-state index contributed by atoms with van der Waals surface area (Å²) in [7, 11) is 0. The third-order valence-corrected chi connectivity index (χ3v) is 5.59.